The quantitative estimate of drug-likeness (QED) is 0.639. The van der Waals surface area contributed by atoms with Crippen molar-refractivity contribution in [1.29, 1.82) is 0 Å². The maximum absolute atomic E-state index is 12.3. The molecule has 2 aromatic carbocycles. The number of benzene rings is 2. The van der Waals surface area contributed by atoms with Crippen LogP contribution in [0.5, 0.6) is 0 Å². The van der Waals surface area contributed by atoms with Gasteiger partial charge in [-0.3, -0.25) is 10.1 Å². The summed E-state index contributed by atoms with van der Waals surface area (Å²) < 4.78 is 0. The van der Waals surface area contributed by atoms with E-state index in [1.54, 1.807) is 6.07 Å². The molecule has 1 aliphatic heterocycles. The van der Waals surface area contributed by atoms with E-state index in [0.29, 0.717) is 16.0 Å². The monoisotopic (exact) mass is 432 g/mol. The fraction of sp³-hybridized carbons (Fsp3) is 0.435. The van der Waals surface area contributed by atoms with Crippen LogP contribution >= 0.6 is 23.2 Å². The van der Waals surface area contributed by atoms with Gasteiger partial charge in [0.25, 0.3) is 0 Å². The van der Waals surface area contributed by atoms with Crippen molar-refractivity contribution in [2.45, 2.75) is 55.6 Å². The molecule has 0 spiro atoms. The Bertz CT molecular complexity index is 883. The van der Waals surface area contributed by atoms with E-state index in [2.05, 4.69) is 5.32 Å². The van der Waals surface area contributed by atoms with Crippen molar-refractivity contribution in [3.8, 4) is 0 Å². The number of hydrogen-bond acceptors (Lipinski definition) is 3. The van der Waals surface area contributed by atoms with Crippen LogP contribution in [-0.2, 0) is 10.3 Å². The minimum absolute atomic E-state index is 0.144. The Morgan fingerprint density at radius 3 is 2.34 bits per heavy atom. The summed E-state index contributed by atoms with van der Waals surface area (Å²) in [6.07, 6.45) is 5.64. The smallest absolute Gasteiger partial charge is 0.321 e. The van der Waals surface area contributed by atoms with E-state index in [-0.39, 0.29) is 6.04 Å². The van der Waals surface area contributed by atoms with Crippen LogP contribution in [0.25, 0.3) is 0 Å². The van der Waals surface area contributed by atoms with E-state index >= 15 is 0 Å². The molecule has 0 bridgehead atoms. The average Bonchev–Trinajstić information content (AvgIpc) is 3.03. The number of nitrogens with one attached hydrogen (secondary N) is 1. The van der Waals surface area contributed by atoms with Gasteiger partial charge in [-0.25, -0.2) is 0 Å². The molecular weight excluding hydrogens is 407 g/mol. The number of aliphatic carboxylic acids is 1. The molecule has 2 aromatic rings. The maximum Gasteiger partial charge on any atom is 0.321 e. The first kappa shape index (κ1) is 20.7. The van der Waals surface area contributed by atoms with Gasteiger partial charge in [0.2, 0.25) is 0 Å². The fourth-order valence-corrected chi connectivity index (χ4v) is 5.69. The molecule has 2 aliphatic rings. The third kappa shape index (κ3) is 3.79. The van der Waals surface area contributed by atoms with Crippen LogP contribution in [0.2, 0.25) is 10.0 Å². The molecule has 2 fully saturated rings. The standard InChI is InChI=1S/C23H26Cl2N2O2/c24-17-11-9-16(10-12-17)23(26)19(15-7-4-8-18(25)13-15)20(22(28)29)27-21(23)14-5-2-1-3-6-14/h4,7-14,19-21,27H,1-3,5-6,26H2,(H,28,29)/t19-,20+,21-,23-/m0/s1. The Kier molecular flexibility index (Phi) is 5.90. The van der Waals surface area contributed by atoms with Gasteiger partial charge >= 0.3 is 5.97 Å². The molecule has 4 rings (SSSR count). The normalized spacial score (nSPS) is 30.4. The molecule has 6 heteroatoms. The Morgan fingerprint density at radius 1 is 1.03 bits per heavy atom. The lowest BCUT2D eigenvalue weighted by Crippen LogP contribution is -2.54. The summed E-state index contributed by atoms with van der Waals surface area (Å²) in [7, 11) is 0. The van der Waals surface area contributed by atoms with Crippen molar-refractivity contribution >= 4 is 29.2 Å². The zero-order chi connectivity index (χ0) is 20.6. The van der Waals surface area contributed by atoms with Crippen molar-refractivity contribution in [3.63, 3.8) is 0 Å². The highest BCUT2D eigenvalue weighted by Gasteiger charge is 2.58. The first-order chi connectivity index (χ1) is 13.9. The summed E-state index contributed by atoms with van der Waals surface area (Å²) in [6, 6.07) is 14.0. The van der Waals surface area contributed by atoms with Crippen molar-refractivity contribution < 1.29 is 9.90 Å². The number of carboxylic acid groups (broad SMARTS) is 1. The predicted octanol–water partition coefficient (Wildman–Crippen LogP) is 4.94. The molecule has 4 atom stereocenters. The molecule has 4 nitrogen and oxygen atoms in total. The maximum atomic E-state index is 12.3. The van der Waals surface area contributed by atoms with Gasteiger partial charge < -0.3 is 10.8 Å². The molecule has 29 heavy (non-hydrogen) atoms. The van der Waals surface area contributed by atoms with Gasteiger partial charge in [-0.15, -0.1) is 0 Å². The summed E-state index contributed by atoms with van der Waals surface area (Å²) in [5.41, 5.74) is 8.10. The lowest BCUT2D eigenvalue weighted by Gasteiger charge is -2.41. The van der Waals surface area contributed by atoms with Gasteiger partial charge in [-0.1, -0.05) is 66.7 Å². The summed E-state index contributed by atoms with van der Waals surface area (Å²) in [6.45, 7) is 0. The molecule has 0 radical (unpaired) electrons. The van der Waals surface area contributed by atoms with E-state index in [9.17, 15) is 9.90 Å². The molecule has 1 saturated heterocycles. The molecular formula is C23H26Cl2N2O2. The van der Waals surface area contributed by atoms with Crippen molar-refractivity contribution in [2.24, 2.45) is 11.7 Å². The highest BCUT2D eigenvalue weighted by atomic mass is 35.5. The third-order valence-corrected chi connectivity index (χ3v) is 7.15. The van der Waals surface area contributed by atoms with Gasteiger partial charge in [0.1, 0.15) is 6.04 Å². The Labute approximate surface area is 181 Å². The number of hydrogen-bond donors (Lipinski definition) is 3. The van der Waals surface area contributed by atoms with Crippen molar-refractivity contribution in [2.75, 3.05) is 0 Å². The predicted molar refractivity (Wildman–Crippen MR) is 116 cm³/mol. The molecule has 1 saturated carbocycles. The van der Waals surface area contributed by atoms with Gasteiger partial charge in [-0.2, -0.15) is 0 Å². The molecule has 0 amide bonds. The SMILES string of the molecule is N[C@]1(c2ccc(Cl)cc2)[C@H](C2CCCCC2)N[C@@H](C(=O)O)[C@@H]1c1cccc(Cl)c1. The molecule has 154 valence electrons. The van der Waals surface area contributed by atoms with Gasteiger partial charge in [-0.05, 0) is 54.2 Å². The third-order valence-electron chi connectivity index (χ3n) is 6.66. The lowest BCUT2D eigenvalue weighted by atomic mass is 9.67. The van der Waals surface area contributed by atoms with Crippen molar-refractivity contribution in [1.82, 2.24) is 5.32 Å². The van der Waals surface area contributed by atoms with Crippen LogP contribution in [0.1, 0.15) is 49.1 Å². The highest BCUT2D eigenvalue weighted by molar-refractivity contribution is 6.30. The molecule has 1 aliphatic carbocycles. The zero-order valence-electron chi connectivity index (χ0n) is 16.2. The van der Waals surface area contributed by atoms with Crippen LogP contribution in [0, 0.1) is 5.92 Å². The first-order valence-electron chi connectivity index (χ1n) is 10.2. The van der Waals surface area contributed by atoms with Crippen LogP contribution in [0.3, 0.4) is 0 Å². The van der Waals surface area contributed by atoms with Crippen LogP contribution in [-0.4, -0.2) is 23.2 Å². The topological polar surface area (TPSA) is 75.3 Å². The minimum atomic E-state index is -0.892. The molecule has 0 aromatic heterocycles. The summed E-state index contributed by atoms with van der Waals surface area (Å²) in [5, 5.41) is 14.7. The largest absolute Gasteiger partial charge is 0.480 e. The lowest BCUT2D eigenvalue weighted by molar-refractivity contribution is -0.139. The fourth-order valence-electron chi connectivity index (χ4n) is 5.37. The average molecular weight is 433 g/mol. The zero-order valence-corrected chi connectivity index (χ0v) is 17.7. The van der Waals surface area contributed by atoms with Gasteiger partial charge in [0.15, 0.2) is 0 Å². The van der Waals surface area contributed by atoms with E-state index in [1.807, 2.05) is 42.5 Å². The molecule has 0 unspecified atom stereocenters. The summed E-state index contributed by atoms with van der Waals surface area (Å²) in [5.74, 6) is -1.01. The van der Waals surface area contributed by atoms with Gasteiger partial charge in [0.05, 0.1) is 5.54 Å². The van der Waals surface area contributed by atoms with Crippen LogP contribution in [0.15, 0.2) is 48.5 Å². The number of halogens is 2. The number of nitrogens with two attached hydrogens (primary N) is 1. The molecule has 1 heterocycles. The van der Waals surface area contributed by atoms with E-state index in [0.717, 1.165) is 36.8 Å². The first-order valence-corrected chi connectivity index (χ1v) is 11.0. The Balaban J connectivity index is 1.88. The summed E-state index contributed by atoms with van der Waals surface area (Å²) >= 11 is 12.4. The second kappa shape index (κ2) is 8.27. The van der Waals surface area contributed by atoms with E-state index in [1.165, 1.54) is 6.42 Å². The molecule has 4 N–H and O–H groups in total. The Morgan fingerprint density at radius 2 is 1.72 bits per heavy atom. The van der Waals surface area contributed by atoms with Gasteiger partial charge in [0, 0.05) is 22.0 Å². The van der Waals surface area contributed by atoms with Crippen LogP contribution in [0.4, 0.5) is 0 Å². The Hall–Kier alpha value is -1.59. The second-order valence-corrected chi connectivity index (χ2v) is 9.20. The number of carbonyl (C=O) groups is 1. The number of carboxylic acids is 1. The minimum Gasteiger partial charge on any atom is -0.480 e. The van der Waals surface area contributed by atoms with Crippen molar-refractivity contribution in [3.05, 3.63) is 69.7 Å². The van der Waals surface area contributed by atoms with E-state index in [4.69, 9.17) is 28.9 Å². The second-order valence-electron chi connectivity index (χ2n) is 8.33. The highest BCUT2D eigenvalue weighted by Crippen LogP contribution is 2.49. The summed E-state index contributed by atoms with van der Waals surface area (Å²) in [4.78, 5) is 12.3. The number of rotatable bonds is 4. The van der Waals surface area contributed by atoms with Crippen LogP contribution < -0.4 is 11.1 Å². The van der Waals surface area contributed by atoms with E-state index < -0.39 is 23.5 Å².